The number of aromatic nitrogens is 1. The third kappa shape index (κ3) is 3.66. The van der Waals surface area contributed by atoms with Crippen molar-refractivity contribution in [3.05, 3.63) is 40.2 Å². The highest BCUT2D eigenvalue weighted by atomic mass is 32.2. The van der Waals surface area contributed by atoms with Crippen molar-refractivity contribution in [2.24, 2.45) is 0 Å². The summed E-state index contributed by atoms with van der Waals surface area (Å²) in [5, 5.41) is 3.00. The zero-order valence-corrected chi connectivity index (χ0v) is 16.6. The van der Waals surface area contributed by atoms with E-state index in [2.05, 4.69) is 5.32 Å². The summed E-state index contributed by atoms with van der Waals surface area (Å²) in [6.07, 6.45) is 2.27. The molecular weight excluding hydrogens is 354 g/mol. The number of aryl methyl sites for hydroxylation is 1. The van der Waals surface area contributed by atoms with Gasteiger partial charge >= 0.3 is 0 Å². The largest absolute Gasteiger partial charge is 0.349 e. The molecule has 1 aromatic heterocycles. The fourth-order valence-corrected chi connectivity index (χ4v) is 3.50. The van der Waals surface area contributed by atoms with E-state index >= 15 is 0 Å². The lowest BCUT2D eigenvalue weighted by molar-refractivity contribution is 0.0937. The molecule has 0 spiro atoms. The average Bonchev–Trinajstić information content (AvgIpc) is 2.61. The molecule has 0 radical (unpaired) electrons. The zero-order chi connectivity index (χ0) is 19.6. The second-order valence-electron chi connectivity index (χ2n) is 6.41. The summed E-state index contributed by atoms with van der Waals surface area (Å²) in [6, 6.07) is 4.36. The van der Waals surface area contributed by atoms with Crippen molar-refractivity contribution in [1.29, 1.82) is 0 Å². The van der Waals surface area contributed by atoms with Crippen LogP contribution in [0.4, 0.5) is 0 Å². The lowest BCUT2D eigenvalue weighted by Crippen LogP contribution is -2.35. The number of fused-ring (bicyclic) bond motifs is 1. The molecule has 0 bridgehead atoms. The quantitative estimate of drug-likeness (QED) is 0.829. The maximum Gasteiger partial charge on any atom is 0.256 e. The van der Waals surface area contributed by atoms with Gasteiger partial charge in [0.15, 0.2) is 0 Å². The first-order valence-corrected chi connectivity index (χ1v) is 9.98. The minimum Gasteiger partial charge on any atom is -0.349 e. The van der Waals surface area contributed by atoms with Gasteiger partial charge in [0, 0.05) is 38.3 Å². The highest BCUT2D eigenvalue weighted by Crippen LogP contribution is 2.20. The molecule has 1 atom stereocenters. The number of nitrogens with one attached hydrogen (secondary N) is 1. The van der Waals surface area contributed by atoms with Crippen molar-refractivity contribution in [2.75, 3.05) is 14.1 Å². The van der Waals surface area contributed by atoms with Crippen molar-refractivity contribution >= 4 is 26.8 Å². The Hall–Kier alpha value is -2.19. The molecule has 0 aliphatic rings. The van der Waals surface area contributed by atoms with Crippen LogP contribution < -0.4 is 10.7 Å². The summed E-state index contributed by atoms with van der Waals surface area (Å²) in [5.41, 5.74) is 0.135. The van der Waals surface area contributed by atoms with Crippen LogP contribution in [0.25, 0.3) is 10.9 Å². The molecule has 0 fully saturated rings. The molecule has 1 amide bonds. The Morgan fingerprint density at radius 1 is 1.27 bits per heavy atom. The summed E-state index contributed by atoms with van der Waals surface area (Å²) < 4.78 is 27.6. The minimum absolute atomic E-state index is 0.0130. The number of pyridine rings is 1. The van der Waals surface area contributed by atoms with E-state index in [1.54, 1.807) is 10.6 Å². The van der Waals surface area contributed by atoms with Crippen molar-refractivity contribution in [2.45, 2.75) is 44.7 Å². The summed E-state index contributed by atoms with van der Waals surface area (Å²) in [4.78, 5) is 25.4. The molecule has 1 heterocycles. The Balaban J connectivity index is 2.73. The summed E-state index contributed by atoms with van der Waals surface area (Å²) >= 11 is 0. The van der Waals surface area contributed by atoms with Gasteiger partial charge in [-0.15, -0.1) is 0 Å². The number of sulfonamides is 1. The Bertz CT molecular complexity index is 993. The molecule has 0 aliphatic heterocycles. The van der Waals surface area contributed by atoms with Gasteiger partial charge in [-0.2, -0.15) is 0 Å². The number of amides is 1. The second-order valence-corrected chi connectivity index (χ2v) is 8.56. The molecule has 8 heteroatoms. The number of hydrogen-bond acceptors (Lipinski definition) is 4. The molecule has 1 aromatic carbocycles. The summed E-state index contributed by atoms with van der Waals surface area (Å²) in [7, 11) is -0.815. The van der Waals surface area contributed by atoms with Crippen molar-refractivity contribution in [3.8, 4) is 0 Å². The first kappa shape index (κ1) is 20.1. The SMILES string of the molecule is CC[C@@H](C)NC(=O)c1cn(CC)c2ccc(S(=O)(=O)N(C)C)cc2c1=O. The van der Waals surface area contributed by atoms with E-state index in [1.807, 2.05) is 20.8 Å². The Morgan fingerprint density at radius 3 is 2.46 bits per heavy atom. The fourth-order valence-electron chi connectivity index (χ4n) is 2.57. The van der Waals surface area contributed by atoms with E-state index in [9.17, 15) is 18.0 Å². The Kier molecular flexibility index (Phi) is 5.87. The second kappa shape index (κ2) is 7.59. The average molecular weight is 379 g/mol. The molecule has 2 aromatic rings. The molecule has 0 unspecified atom stereocenters. The van der Waals surface area contributed by atoms with Gasteiger partial charge in [-0.05, 0) is 38.5 Å². The van der Waals surface area contributed by atoms with Crippen LogP contribution in [0.3, 0.4) is 0 Å². The Morgan fingerprint density at radius 2 is 1.92 bits per heavy atom. The zero-order valence-electron chi connectivity index (χ0n) is 15.7. The number of rotatable bonds is 6. The number of hydrogen-bond donors (Lipinski definition) is 1. The lowest BCUT2D eigenvalue weighted by atomic mass is 10.1. The molecule has 0 saturated carbocycles. The van der Waals surface area contributed by atoms with E-state index in [-0.39, 0.29) is 21.9 Å². The van der Waals surface area contributed by atoms with Crippen molar-refractivity contribution < 1.29 is 13.2 Å². The predicted molar refractivity (Wildman–Crippen MR) is 102 cm³/mol. The summed E-state index contributed by atoms with van der Waals surface area (Å²) in [6.45, 7) is 6.23. The van der Waals surface area contributed by atoms with Crippen LogP contribution in [-0.2, 0) is 16.6 Å². The maximum atomic E-state index is 12.9. The normalized spacial score (nSPS) is 13.2. The van der Waals surface area contributed by atoms with E-state index in [1.165, 1.54) is 32.4 Å². The monoisotopic (exact) mass is 379 g/mol. The van der Waals surface area contributed by atoms with Gasteiger partial charge in [0.1, 0.15) is 5.56 Å². The van der Waals surface area contributed by atoms with Gasteiger partial charge in [-0.25, -0.2) is 12.7 Å². The van der Waals surface area contributed by atoms with Crippen LogP contribution >= 0.6 is 0 Å². The lowest BCUT2D eigenvalue weighted by Gasteiger charge is -2.16. The standard InChI is InChI=1S/C18H25N3O4S/c1-6-12(3)19-18(23)15-11-21(7-2)16-9-8-13(10-14(16)17(15)22)26(24,25)20(4)5/h8-12H,6-7H2,1-5H3,(H,19,23)/t12-/m1/s1. The van der Waals surface area contributed by atoms with Gasteiger partial charge in [0.05, 0.1) is 10.4 Å². The van der Waals surface area contributed by atoms with Crippen molar-refractivity contribution in [1.82, 2.24) is 14.2 Å². The third-order valence-corrected chi connectivity index (χ3v) is 6.22. The first-order chi connectivity index (χ1) is 12.1. The molecule has 2 rings (SSSR count). The number of carbonyl (C=O) groups is 1. The van der Waals surface area contributed by atoms with Gasteiger partial charge < -0.3 is 9.88 Å². The fraction of sp³-hybridized carbons (Fsp3) is 0.444. The van der Waals surface area contributed by atoms with Crippen LogP contribution in [0.2, 0.25) is 0 Å². The van der Waals surface area contributed by atoms with Gasteiger partial charge in [-0.3, -0.25) is 9.59 Å². The minimum atomic E-state index is -3.68. The smallest absolute Gasteiger partial charge is 0.256 e. The topological polar surface area (TPSA) is 88.5 Å². The highest BCUT2D eigenvalue weighted by Gasteiger charge is 2.21. The van der Waals surface area contributed by atoms with Gasteiger partial charge in [0.25, 0.3) is 5.91 Å². The van der Waals surface area contributed by atoms with Crippen molar-refractivity contribution in [3.63, 3.8) is 0 Å². The molecule has 7 nitrogen and oxygen atoms in total. The van der Waals surface area contributed by atoms with E-state index in [0.29, 0.717) is 12.1 Å². The van der Waals surface area contributed by atoms with Crippen LogP contribution in [0, 0.1) is 0 Å². The molecule has 1 N–H and O–H groups in total. The summed E-state index contributed by atoms with van der Waals surface area (Å²) in [5.74, 6) is -0.450. The molecule has 0 saturated heterocycles. The Labute approximate surface area is 153 Å². The predicted octanol–water partition coefficient (Wildman–Crippen LogP) is 1.80. The molecular formula is C18H25N3O4S. The maximum absolute atomic E-state index is 12.9. The van der Waals surface area contributed by atoms with E-state index in [4.69, 9.17) is 0 Å². The van der Waals surface area contributed by atoms with Crippen LogP contribution in [0.5, 0.6) is 0 Å². The van der Waals surface area contributed by atoms with Gasteiger partial charge in [-0.1, -0.05) is 6.92 Å². The number of benzene rings is 1. The van der Waals surface area contributed by atoms with Crippen LogP contribution in [0.15, 0.2) is 34.1 Å². The van der Waals surface area contributed by atoms with Crippen LogP contribution in [0.1, 0.15) is 37.6 Å². The van der Waals surface area contributed by atoms with E-state index < -0.39 is 21.4 Å². The van der Waals surface area contributed by atoms with Gasteiger partial charge in [0.2, 0.25) is 15.5 Å². The molecule has 0 aliphatic carbocycles. The third-order valence-electron chi connectivity index (χ3n) is 4.41. The molecule has 26 heavy (non-hydrogen) atoms. The number of carbonyl (C=O) groups excluding carboxylic acids is 1. The van der Waals surface area contributed by atoms with Crippen LogP contribution in [-0.4, -0.2) is 43.3 Å². The number of nitrogens with zero attached hydrogens (tertiary/aromatic N) is 2. The highest BCUT2D eigenvalue weighted by molar-refractivity contribution is 7.89. The van der Waals surface area contributed by atoms with E-state index in [0.717, 1.165) is 10.7 Å². The first-order valence-electron chi connectivity index (χ1n) is 8.54. The molecule has 142 valence electrons.